The van der Waals surface area contributed by atoms with Crippen molar-refractivity contribution in [3.8, 4) is 0 Å². The van der Waals surface area contributed by atoms with Crippen molar-refractivity contribution >= 4 is 11.9 Å². The van der Waals surface area contributed by atoms with Gasteiger partial charge in [0.15, 0.2) is 0 Å². The van der Waals surface area contributed by atoms with Crippen molar-refractivity contribution in [2.75, 3.05) is 13.1 Å². The van der Waals surface area contributed by atoms with Crippen LogP contribution in [0.5, 0.6) is 0 Å². The molecule has 4 aliphatic rings. The number of carbonyl (C=O) groups is 2. The smallest absolute Gasteiger partial charge is 0.317 e. The molecule has 3 saturated carbocycles. The summed E-state index contributed by atoms with van der Waals surface area (Å²) >= 11 is 0. The van der Waals surface area contributed by atoms with Gasteiger partial charge < -0.3 is 15.5 Å². The van der Waals surface area contributed by atoms with Crippen LogP contribution in [0.2, 0.25) is 0 Å². The van der Waals surface area contributed by atoms with E-state index < -0.39 is 0 Å². The van der Waals surface area contributed by atoms with Crippen LogP contribution in [-0.4, -0.2) is 42.0 Å². The molecule has 3 atom stereocenters. The van der Waals surface area contributed by atoms with Gasteiger partial charge in [0.25, 0.3) is 0 Å². The summed E-state index contributed by atoms with van der Waals surface area (Å²) in [5, 5.41) is 6.45. The van der Waals surface area contributed by atoms with E-state index in [2.05, 4.69) is 31.4 Å². The number of amides is 3. The van der Waals surface area contributed by atoms with Crippen molar-refractivity contribution in [3.05, 3.63) is 0 Å². The number of piperidine rings is 1. The minimum atomic E-state index is 0.0793. The molecule has 1 heterocycles. The van der Waals surface area contributed by atoms with E-state index in [1.165, 1.54) is 12.8 Å². The Morgan fingerprint density at radius 3 is 2.16 bits per heavy atom. The molecule has 1 saturated heterocycles. The van der Waals surface area contributed by atoms with Crippen LogP contribution in [0, 0.1) is 22.7 Å². The number of carbonyl (C=O) groups excluding carboxylic acids is 2. The highest BCUT2D eigenvalue weighted by Gasteiger charge is 2.61. The van der Waals surface area contributed by atoms with Gasteiger partial charge in [0, 0.05) is 31.1 Å². The minimum Gasteiger partial charge on any atom is -0.353 e. The molecule has 2 bridgehead atoms. The van der Waals surface area contributed by atoms with Gasteiger partial charge in [-0.25, -0.2) is 4.79 Å². The maximum Gasteiger partial charge on any atom is 0.317 e. The van der Waals surface area contributed by atoms with Crippen LogP contribution < -0.4 is 10.6 Å². The zero-order chi connectivity index (χ0) is 17.8. The second-order valence-electron chi connectivity index (χ2n) is 9.66. The molecule has 0 unspecified atom stereocenters. The third-order valence-electron chi connectivity index (χ3n) is 8.17. The lowest BCUT2D eigenvalue weighted by molar-refractivity contribution is -0.126. The fourth-order valence-electron chi connectivity index (χ4n) is 5.55. The SMILES string of the molecule is CC1(C)[C@H]2CC[C@@]1(C)[C@@H](NC(=O)N1CCC(C(=O)NC3CC3)CC1)C2. The number of fused-ring (bicyclic) bond motifs is 2. The Morgan fingerprint density at radius 2 is 1.64 bits per heavy atom. The molecule has 0 radical (unpaired) electrons. The van der Waals surface area contributed by atoms with Gasteiger partial charge in [-0.2, -0.15) is 0 Å². The summed E-state index contributed by atoms with van der Waals surface area (Å²) in [6, 6.07) is 0.802. The number of nitrogens with zero attached hydrogens (tertiary/aromatic N) is 1. The Kier molecular flexibility index (Phi) is 4.04. The van der Waals surface area contributed by atoms with E-state index >= 15 is 0 Å². The molecule has 0 aromatic carbocycles. The molecule has 0 spiro atoms. The highest BCUT2D eigenvalue weighted by Crippen LogP contribution is 2.65. The Balaban J connectivity index is 1.29. The average molecular weight is 348 g/mol. The standard InChI is InChI=1S/C20H33N3O2/c1-19(2)14-6-9-20(19,3)16(12-14)22-18(25)23-10-7-13(8-11-23)17(24)21-15-4-5-15/h13-16H,4-12H2,1-3H3,(H,21,24)(H,22,25)/t14-,16-,20-/m0/s1. The molecule has 4 rings (SSSR count). The lowest BCUT2D eigenvalue weighted by Crippen LogP contribution is -2.53. The average Bonchev–Trinajstić information content (AvgIpc) is 3.34. The van der Waals surface area contributed by atoms with Crippen LogP contribution >= 0.6 is 0 Å². The monoisotopic (exact) mass is 347 g/mol. The van der Waals surface area contributed by atoms with E-state index in [9.17, 15) is 9.59 Å². The summed E-state index contributed by atoms with van der Waals surface area (Å²) in [7, 11) is 0. The number of hydrogen-bond donors (Lipinski definition) is 2. The van der Waals surface area contributed by atoms with Gasteiger partial charge in [-0.3, -0.25) is 4.79 Å². The maximum absolute atomic E-state index is 12.8. The molecule has 3 aliphatic carbocycles. The molecule has 4 fully saturated rings. The van der Waals surface area contributed by atoms with Crippen molar-refractivity contribution < 1.29 is 9.59 Å². The van der Waals surface area contributed by atoms with E-state index in [1.54, 1.807) is 0 Å². The first kappa shape index (κ1) is 17.2. The fourth-order valence-corrected chi connectivity index (χ4v) is 5.55. The van der Waals surface area contributed by atoms with Gasteiger partial charge in [0.1, 0.15) is 0 Å². The van der Waals surface area contributed by atoms with Gasteiger partial charge in [-0.05, 0) is 61.7 Å². The number of rotatable bonds is 3. The van der Waals surface area contributed by atoms with Gasteiger partial charge in [0.2, 0.25) is 5.91 Å². The molecular weight excluding hydrogens is 314 g/mol. The Morgan fingerprint density at radius 1 is 0.960 bits per heavy atom. The van der Waals surface area contributed by atoms with Gasteiger partial charge in [-0.15, -0.1) is 0 Å². The first-order valence-electron chi connectivity index (χ1n) is 10.2. The molecule has 5 heteroatoms. The lowest BCUT2D eigenvalue weighted by atomic mass is 9.69. The topological polar surface area (TPSA) is 61.4 Å². The van der Waals surface area contributed by atoms with Crippen LogP contribution in [0.1, 0.15) is 65.7 Å². The van der Waals surface area contributed by atoms with Crippen LogP contribution in [0.15, 0.2) is 0 Å². The van der Waals surface area contributed by atoms with Crippen molar-refractivity contribution in [2.45, 2.75) is 77.8 Å². The Labute approximate surface area is 151 Å². The summed E-state index contributed by atoms with van der Waals surface area (Å²) in [4.78, 5) is 26.9. The molecule has 0 aromatic rings. The Bertz CT molecular complexity index is 563. The lowest BCUT2D eigenvalue weighted by Gasteiger charge is -2.40. The zero-order valence-electron chi connectivity index (χ0n) is 15.9. The minimum absolute atomic E-state index is 0.0793. The maximum atomic E-state index is 12.8. The molecule has 0 aromatic heterocycles. The molecular formula is C20H33N3O2. The first-order chi connectivity index (χ1) is 11.8. The van der Waals surface area contributed by atoms with Crippen molar-refractivity contribution in [1.29, 1.82) is 0 Å². The largest absolute Gasteiger partial charge is 0.353 e. The molecule has 3 amide bonds. The van der Waals surface area contributed by atoms with E-state index in [1.807, 2.05) is 4.90 Å². The number of urea groups is 1. The Hall–Kier alpha value is -1.26. The van der Waals surface area contributed by atoms with E-state index in [0.717, 1.165) is 38.0 Å². The van der Waals surface area contributed by atoms with Gasteiger partial charge in [0.05, 0.1) is 0 Å². The van der Waals surface area contributed by atoms with Crippen molar-refractivity contribution in [1.82, 2.24) is 15.5 Å². The quantitative estimate of drug-likeness (QED) is 0.825. The molecule has 5 nitrogen and oxygen atoms in total. The van der Waals surface area contributed by atoms with Crippen molar-refractivity contribution in [3.63, 3.8) is 0 Å². The summed E-state index contributed by atoms with van der Waals surface area (Å²) in [5.41, 5.74) is 0.536. The van der Waals surface area contributed by atoms with Crippen LogP contribution in [0.25, 0.3) is 0 Å². The third kappa shape index (κ3) is 2.83. The number of nitrogens with one attached hydrogen (secondary N) is 2. The number of likely N-dealkylation sites (tertiary alicyclic amines) is 1. The van der Waals surface area contributed by atoms with Crippen LogP contribution in [-0.2, 0) is 4.79 Å². The third-order valence-corrected chi connectivity index (χ3v) is 8.17. The van der Waals surface area contributed by atoms with E-state index in [-0.39, 0.29) is 23.3 Å². The fraction of sp³-hybridized carbons (Fsp3) is 0.900. The second-order valence-corrected chi connectivity index (χ2v) is 9.66. The van der Waals surface area contributed by atoms with E-state index in [0.29, 0.717) is 30.6 Å². The predicted molar refractivity (Wildman–Crippen MR) is 97.0 cm³/mol. The summed E-state index contributed by atoms with van der Waals surface area (Å²) in [5.74, 6) is 1.02. The second kappa shape index (κ2) is 5.88. The van der Waals surface area contributed by atoms with Gasteiger partial charge >= 0.3 is 6.03 Å². The van der Waals surface area contributed by atoms with E-state index in [4.69, 9.17) is 0 Å². The summed E-state index contributed by atoms with van der Waals surface area (Å²) < 4.78 is 0. The van der Waals surface area contributed by atoms with Gasteiger partial charge in [-0.1, -0.05) is 20.8 Å². The normalized spacial score (nSPS) is 37.2. The first-order valence-corrected chi connectivity index (χ1v) is 10.2. The predicted octanol–water partition coefficient (Wildman–Crippen LogP) is 2.90. The zero-order valence-corrected chi connectivity index (χ0v) is 15.9. The highest BCUT2D eigenvalue weighted by molar-refractivity contribution is 5.80. The van der Waals surface area contributed by atoms with Crippen LogP contribution in [0.3, 0.4) is 0 Å². The van der Waals surface area contributed by atoms with Crippen molar-refractivity contribution in [2.24, 2.45) is 22.7 Å². The summed E-state index contributed by atoms with van der Waals surface area (Å²) in [6.45, 7) is 8.51. The molecule has 1 aliphatic heterocycles. The van der Waals surface area contributed by atoms with Crippen LogP contribution in [0.4, 0.5) is 4.79 Å². The highest BCUT2D eigenvalue weighted by atomic mass is 16.2. The summed E-state index contributed by atoms with van der Waals surface area (Å²) in [6.07, 6.45) is 7.49. The number of hydrogen-bond acceptors (Lipinski definition) is 2. The molecule has 140 valence electrons. The molecule has 2 N–H and O–H groups in total. The molecule has 25 heavy (non-hydrogen) atoms.